The van der Waals surface area contributed by atoms with E-state index in [9.17, 15) is 9.59 Å². The number of carboxylic acids is 1. The first kappa shape index (κ1) is 17.7. The summed E-state index contributed by atoms with van der Waals surface area (Å²) in [6, 6.07) is -0.749. The Hall–Kier alpha value is -0.690. The van der Waals surface area contributed by atoms with Gasteiger partial charge in [-0.25, -0.2) is 0 Å². The van der Waals surface area contributed by atoms with Gasteiger partial charge in [-0.15, -0.1) is 12.4 Å². The maximum Gasteiger partial charge on any atom is 0.315 e. The Balaban J connectivity index is 0. The monoisotopic (exact) mass is 253 g/mol. The molecule has 7 heteroatoms. The maximum atomic E-state index is 11.5. The Labute approximate surface area is 101 Å². The highest BCUT2D eigenvalue weighted by Crippen LogP contribution is 2.06. The lowest BCUT2D eigenvalue weighted by Crippen LogP contribution is -2.42. The number of carbonyl (C=O) groups excluding carboxylic acids is 1. The van der Waals surface area contributed by atoms with Crippen LogP contribution in [0.1, 0.15) is 19.3 Å². The molecular formula is C9H20ClN3O3. The number of carbonyl (C=O) groups is 2. The molecule has 0 spiro atoms. The molecule has 0 fully saturated rings. The molecule has 0 aromatic carbocycles. The van der Waals surface area contributed by atoms with Crippen LogP contribution in [0.2, 0.25) is 0 Å². The molecule has 0 amide bonds. The van der Waals surface area contributed by atoms with Gasteiger partial charge in [0.05, 0.1) is 6.04 Å². The summed E-state index contributed by atoms with van der Waals surface area (Å²) in [6.07, 6.45) is 1.96. The topological polar surface area (TPSA) is 132 Å². The van der Waals surface area contributed by atoms with Crippen LogP contribution in [0.4, 0.5) is 0 Å². The van der Waals surface area contributed by atoms with Crippen molar-refractivity contribution in [2.24, 2.45) is 23.1 Å². The van der Waals surface area contributed by atoms with Crippen LogP contribution in [-0.4, -0.2) is 36.0 Å². The van der Waals surface area contributed by atoms with Crippen LogP contribution in [0.15, 0.2) is 0 Å². The molecule has 2 atom stereocenters. The highest BCUT2D eigenvalue weighted by atomic mass is 35.5. The van der Waals surface area contributed by atoms with Crippen molar-refractivity contribution in [1.82, 2.24) is 0 Å². The number of rotatable bonds is 8. The van der Waals surface area contributed by atoms with Crippen LogP contribution in [0.5, 0.6) is 0 Å². The minimum atomic E-state index is -1.21. The second kappa shape index (κ2) is 9.53. The predicted molar refractivity (Wildman–Crippen MR) is 63.3 cm³/mol. The van der Waals surface area contributed by atoms with Gasteiger partial charge in [-0.2, -0.15) is 0 Å². The lowest BCUT2D eigenvalue weighted by atomic mass is 9.95. The van der Waals surface area contributed by atoms with Crippen molar-refractivity contribution in [2.45, 2.75) is 25.3 Å². The number of hydrogen-bond donors (Lipinski definition) is 4. The smallest absolute Gasteiger partial charge is 0.315 e. The van der Waals surface area contributed by atoms with Crippen LogP contribution in [0.25, 0.3) is 0 Å². The van der Waals surface area contributed by atoms with E-state index in [1.165, 1.54) is 0 Å². The van der Waals surface area contributed by atoms with Gasteiger partial charge in [0.1, 0.15) is 5.92 Å². The van der Waals surface area contributed by atoms with Crippen molar-refractivity contribution in [3.63, 3.8) is 0 Å². The molecule has 0 radical (unpaired) electrons. The third-order valence-electron chi connectivity index (χ3n) is 2.21. The molecule has 0 aliphatic rings. The molecule has 16 heavy (non-hydrogen) atoms. The fourth-order valence-corrected chi connectivity index (χ4v) is 1.25. The number of nitrogens with two attached hydrogens (primary N) is 3. The Morgan fingerprint density at radius 2 is 1.75 bits per heavy atom. The van der Waals surface area contributed by atoms with E-state index in [0.717, 1.165) is 12.8 Å². The van der Waals surface area contributed by atoms with Gasteiger partial charge in [-0.05, 0) is 19.4 Å². The van der Waals surface area contributed by atoms with E-state index >= 15 is 0 Å². The molecule has 0 aromatic heterocycles. The van der Waals surface area contributed by atoms with E-state index in [-0.39, 0.29) is 19.0 Å². The molecule has 0 bridgehead atoms. The van der Waals surface area contributed by atoms with Gasteiger partial charge in [0.15, 0.2) is 5.78 Å². The second-order valence-corrected chi connectivity index (χ2v) is 3.42. The number of hydrogen-bond acceptors (Lipinski definition) is 5. The van der Waals surface area contributed by atoms with Gasteiger partial charge < -0.3 is 22.3 Å². The summed E-state index contributed by atoms with van der Waals surface area (Å²) in [6.45, 7) is 0.332. The van der Waals surface area contributed by atoms with E-state index in [1.807, 2.05) is 0 Å². The Morgan fingerprint density at radius 1 is 1.19 bits per heavy atom. The van der Waals surface area contributed by atoms with Crippen molar-refractivity contribution < 1.29 is 14.7 Å². The van der Waals surface area contributed by atoms with Gasteiger partial charge in [-0.1, -0.05) is 6.42 Å². The first-order valence-corrected chi connectivity index (χ1v) is 4.96. The molecule has 0 aliphatic heterocycles. The number of Topliss-reactive ketones (excluding diaryl/α,β-unsaturated/α-hetero) is 1. The van der Waals surface area contributed by atoms with Crippen molar-refractivity contribution in [3.8, 4) is 0 Å². The average molecular weight is 254 g/mol. The summed E-state index contributed by atoms with van der Waals surface area (Å²) in [7, 11) is 0. The van der Waals surface area contributed by atoms with E-state index in [0.29, 0.717) is 13.0 Å². The summed E-state index contributed by atoms with van der Waals surface area (Å²) >= 11 is 0. The Kier molecular flexibility index (Phi) is 10.5. The first-order chi connectivity index (χ1) is 7.04. The molecule has 6 nitrogen and oxygen atoms in total. The zero-order valence-electron chi connectivity index (χ0n) is 9.09. The van der Waals surface area contributed by atoms with E-state index in [1.54, 1.807) is 0 Å². The van der Waals surface area contributed by atoms with Crippen molar-refractivity contribution in [3.05, 3.63) is 0 Å². The minimum absolute atomic E-state index is 0. The van der Waals surface area contributed by atoms with Gasteiger partial charge in [0, 0.05) is 6.54 Å². The van der Waals surface area contributed by atoms with Gasteiger partial charge in [-0.3, -0.25) is 9.59 Å². The van der Waals surface area contributed by atoms with Crippen molar-refractivity contribution >= 4 is 24.2 Å². The predicted octanol–water partition coefficient (Wildman–Crippen LogP) is -0.907. The summed E-state index contributed by atoms with van der Waals surface area (Å²) in [4.78, 5) is 22.1. The van der Waals surface area contributed by atoms with Crippen molar-refractivity contribution in [1.29, 1.82) is 0 Å². The van der Waals surface area contributed by atoms with Crippen LogP contribution in [0, 0.1) is 5.92 Å². The number of halogens is 1. The highest BCUT2D eigenvalue weighted by molar-refractivity contribution is 6.01. The maximum absolute atomic E-state index is 11.5. The van der Waals surface area contributed by atoms with Crippen molar-refractivity contribution in [2.75, 3.05) is 13.1 Å². The zero-order chi connectivity index (χ0) is 11.8. The molecule has 0 aromatic rings. The van der Waals surface area contributed by atoms with E-state index in [2.05, 4.69) is 0 Å². The highest BCUT2D eigenvalue weighted by Gasteiger charge is 2.28. The summed E-state index contributed by atoms with van der Waals surface area (Å²) in [5.74, 6) is -2.89. The van der Waals surface area contributed by atoms with E-state index < -0.39 is 23.7 Å². The van der Waals surface area contributed by atoms with Gasteiger partial charge >= 0.3 is 5.97 Å². The number of aliphatic carboxylic acids is 1. The Morgan fingerprint density at radius 3 is 2.12 bits per heavy atom. The molecule has 0 saturated carbocycles. The molecule has 0 aliphatic carbocycles. The summed E-state index contributed by atoms with van der Waals surface area (Å²) in [5.41, 5.74) is 16.0. The van der Waals surface area contributed by atoms with E-state index in [4.69, 9.17) is 22.3 Å². The molecule has 1 unspecified atom stereocenters. The average Bonchev–Trinajstić information content (AvgIpc) is 2.18. The zero-order valence-corrected chi connectivity index (χ0v) is 9.91. The Bertz CT molecular complexity index is 226. The third-order valence-corrected chi connectivity index (χ3v) is 2.21. The van der Waals surface area contributed by atoms with Crippen LogP contribution >= 0.6 is 12.4 Å². The lowest BCUT2D eigenvalue weighted by Gasteiger charge is -2.14. The standard InChI is InChI=1S/C9H19N3O3.ClH/c10-4-2-1-3-7(12)8(13)6(5-11)9(14)15;/h6-7H,1-5,10-12H2,(H,14,15);1H/t6?,7-;/m0./s1. The number of ketones is 1. The molecular weight excluding hydrogens is 234 g/mol. The minimum Gasteiger partial charge on any atom is -0.481 e. The molecule has 0 saturated heterocycles. The van der Waals surface area contributed by atoms with Crippen LogP contribution in [-0.2, 0) is 9.59 Å². The fourth-order valence-electron chi connectivity index (χ4n) is 1.25. The van der Waals surface area contributed by atoms with Crippen LogP contribution < -0.4 is 17.2 Å². The molecule has 0 heterocycles. The number of carboxylic acid groups (broad SMARTS) is 1. The molecule has 7 N–H and O–H groups in total. The molecule has 96 valence electrons. The number of unbranched alkanes of at least 4 members (excludes halogenated alkanes) is 1. The van der Waals surface area contributed by atoms with Crippen LogP contribution in [0.3, 0.4) is 0 Å². The van der Waals surface area contributed by atoms with Gasteiger partial charge in [0.2, 0.25) is 0 Å². The fraction of sp³-hybridized carbons (Fsp3) is 0.778. The quantitative estimate of drug-likeness (QED) is 0.327. The first-order valence-electron chi connectivity index (χ1n) is 4.96. The second-order valence-electron chi connectivity index (χ2n) is 3.42. The molecule has 0 rings (SSSR count). The largest absolute Gasteiger partial charge is 0.481 e. The third kappa shape index (κ3) is 6.02. The normalized spacial score (nSPS) is 13.7. The van der Waals surface area contributed by atoms with Gasteiger partial charge in [0.25, 0.3) is 0 Å². The SMILES string of the molecule is Cl.NCCCC[C@H](N)C(=O)C(CN)C(=O)O. The lowest BCUT2D eigenvalue weighted by molar-refractivity contribution is -0.146. The summed E-state index contributed by atoms with van der Waals surface area (Å²) in [5, 5.41) is 8.69. The summed E-state index contributed by atoms with van der Waals surface area (Å²) < 4.78 is 0.